The van der Waals surface area contributed by atoms with Crippen LogP contribution in [0, 0.1) is 12.8 Å². The van der Waals surface area contributed by atoms with Crippen LogP contribution in [0.15, 0.2) is 24.3 Å². The number of hydrogen-bond acceptors (Lipinski definition) is 4. The van der Waals surface area contributed by atoms with Crippen LogP contribution < -0.4 is 4.72 Å². The van der Waals surface area contributed by atoms with Crippen molar-refractivity contribution in [2.45, 2.75) is 31.8 Å². The minimum absolute atomic E-state index is 0.123. The van der Waals surface area contributed by atoms with Crippen LogP contribution >= 0.6 is 0 Å². The van der Waals surface area contributed by atoms with E-state index in [0.717, 1.165) is 18.4 Å². The number of hydrogen-bond donors (Lipinski definition) is 1. The SMILES string of the molecule is Cc1ccc(CC(=O)N2CC3(C2)OCCC3CCNS(C)(=O)=O)cc1. The van der Waals surface area contributed by atoms with Crippen molar-refractivity contribution in [3.63, 3.8) is 0 Å². The van der Waals surface area contributed by atoms with E-state index in [9.17, 15) is 13.2 Å². The van der Waals surface area contributed by atoms with Gasteiger partial charge in [0.05, 0.1) is 25.8 Å². The lowest BCUT2D eigenvalue weighted by molar-refractivity contribution is -0.164. The third-order valence-electron chi connectivity index (χ3n) is 5.20. The standard InChI is InChI=1S/C18H26N2O4S/c1-14-3-5-15(6-4-14)11-17(21)20-12-18(13-20)16(8-10-24-18)7-9-19-25(2,22)23/h3-6,16,19H,7-13H2,1-2H3. The van der Waals surface area contributed by atoms with Crippen molar-refractivity contribution in [1.29, 1.82) is 0 Å². The van der Waals surface area contributed by atoms with Crippen LogP contribution in [-0.2, 0) is 26.0 Å². The summed E-state index contributed by atoms with van der Waals surface area (Å²) in [7, 11) is -3.16. The quantitative estimate of drug-likeness (QED) is 0.818. The van der Waals surface area contributed by atoms with Crippen LogP contribution in [0.5, 0.6) is 0 Å². The topological polar surface area (TPSA) is 75.7 Å². The first-order chi connectivity index (χ1) is 11.8. The highest BCUT2D eigenvalue weighted by molar-refractivity contribution is 7.88. The van der Waals surface area contributed by atoms with Gasteiger partial charge in [-0.15, -0.1) is 0 Å². The lowest BCUT2D eigenvalue weighted by atomic mass is 9.78. The fourth-order valence-electron chi connectivity index (χ4n) is 3.73. The largest absolute Gasteiger partial charge is 0.371 e. The molecule has 3 rings (SSSR count). The molecule has 1 aromatic rings. The molecule has 0 saturated carbocycles. The predicted molar refractivity (Wildman–Crippen MR) is 95.7 cm³/mol. The minimum atomic E-state index is -3.16. The Kier molecular flexibility index (Phi) is 5.18. The molecule has 2 saturated heterocycles. The highest BCUT2D eigenvalue weighted by Crippen LogP contribution is 2.41. The molecule has 2 heterocycles. The summed E-state index contributed by atoms with van der Waals surface area (Å²) in [5, 5.41) is 0. The lowest BCUT2D eigenvalue weighted by Gasteiger charge is -2.50. The molecule has 1 aromatic carbocycles. The van der Waals surface area contributed by atoms with Crippen LogP contribution in [0.4, 0.5) is 0 Å². The molecule has 1 spiro atoms. The Labute approximate surface area is 149 Å². The Balaban J connectivity index is 1.50. The summed E-state index contributed by atoms with van der Waals surface area (Å²) < 4.78 is 30.9. The molecule has 138 valence electrons. The Morgan fingerprint density at radius 2 is 2.00 bits per heavy atom. The Morgan fingerprint density at radius 3 is 2.64 bits per heavy atom. The molecule has 1 amide bonds. The number of likely N-dealkylation sites (tertiary alicyclic amines) is 1. The van der Waals surface area contributed by atoms with Gasteiger partial charge in [-0.3, -0.25) is 4.79 Å². The molecule has 0 aliphatic carbocycles. The zero-order valence-electron chi connectivity index (χ0n) is 14.8. The average molecular weight is 366 g/mol. The first kappa shape index (κ1) is 18.4. The van der Waals surface area contributed by atoms with Crippen LogP contribution in [0.1, 0.15) is 24.0 Å². The fourth-order valence-corrected chi connectivity index (χ4v) is 4.22. The summed E-state index contributed by atoms with van der Waals surface area (Å²) >= 11 is 0. The third kappa shape index (κ3) is 4.40. The van der Waals surface area contributed by atoms with Gasteiger partial charge in [0.2, 0.25) is 15.9 Å². The van der Waals surface area contributed by atoms with Gasteiger partial charge in [-0.25, -0.2) is 13.1 Å². The summed E-state index contributed by atoms with van der Waals surface area (Å²) in [6, 6.07) is 8.03. The molecule has 2 aliphatic rings. The smallest absolute Gasteiger partial charge is 0.227 e. The number of ether oxygens (including phenoxy) is 1. The van der Waals surface area contributed by atoms with E-state index in [1.54, 1.807) is 0 Å². The number of nitrogens with zero attached hydrogens (tertiary/aromatic N) is 1. The first-order valence-electron chi connectivity index (χ1n) is 8.69. The molecular weight excluding hydrogens is 340 g/mol. The number of carbonyl (C=O) groups is 1. The van der Waals surface area contributed by atoms with Gasteiger partial charge in [0.15, 0.2) is 0 Å². The Bertz CT molecular complexity index is 724. The van der Waals surface area contributed by atoms with E-state index in [1.807, 2.05) is 36.1 Å². The van der Waals surface area contributed by atoms with Crippen LogP contribution in [-0.4, -0.2) is 57.3 Å². The van der Waals surface area contributed by atoms with Crippen molar-refractivity contribution in [1.82, 2.24) is 9.62 Å². The van der Waals surface area contributed by atoms with Gasteiger partial charge in [-0.2, -0.15) is 0 Å². The van der Waals surface area contributed by atoms with E-state index in [1.165, 1.54) is 11.8 Å². The monoisotopic (exact) mass is 366 g/mol. The number of rotatable bonds is 6. The van der Waals surface area contributed by atoms with E-state index in [4.69, 9.17) is 4.74 Å². The molecule has 2 aliphatic heterocycles. The van der Waals surface area contributed by atoms with Crippen molar-refractivity contribution in [2.24, 2.45) is 5.92 Å². The van der Waals surface area contributed by atoms with Gasteiger partial charge in [-0.05, 0) is 31.2 Å². The van der Waals surface area contributed by atoms with Crippen molar-refractivity contribution in [3.8, 4) is 0 Å². The average Bonchev–Trinajstić information content (AvgIpc) is 2.90. The van der Waals surface area contributed by atoms with E-state index in [-0.39, 0.29) is 11.5 Å². The molecule has 6 nitrogen and oxygen atoms in total. The van der Waals surface area contributed by atoms with E-state index < -0.39 is 10.0 Å². The normalized spacial score (nSPS) is 22.2. The maximum Gasteiger partial charge on any atom is 0.227 e. The van der Waals surface area contributed by atoms with Gasteiger partial charge in [-0.1, -0.05) is 29.8 Å². The highest BCUT2D eigenvalue weighted by Gasteiger charge is 2.53. The van der Waals surface area contributed by atoms with E-state index in [2.05, 4.69) is 4.72 Å². The van der Waals surface area contributed by atoms with Crippen molar-refractivity contribution in [2.75, 3.05) is 32.5 Å². The maximum atomic E-state index is 12.5. The second-order valence-electron chi connectivity index (χ2n) is 7.27. The van der Waals surface area contributed by atoms with Gasteiger partial charge in [0, 0.05) is 13.2 Å². The first-order valence-corrected chi connectivity index (χ1v) is 10.6. The molecule has 1 N–H and O–H groups in total. The van der Waals surface area contributed by atoms with Gasteiger partial charge >= 0.3 is 0 Å². The lowest BCUT2D eigenvalue weighted by Crippen LogP contribution is -2.66. The summed E-state index contributed by atoms with van der Waals surface area (Å²) in [6.45, 7) is 4.36. The summed E-state index contributed by atoms with van der Waals surface area (Å²) in [4.78, 5) is 14.3. The Hall–Kier alpha value is -1.44. The second-order valence-corrected chi connectivity index (χ2v) is 9.10. The van der Waals surface area contributed by atoms with Crippen LogP contribution in [0.25, 0.3) is 0 Å². The predicted octanol–water partition coefficient (Wildman–Crippen LogP) is 1.09. The molecule has 7 heteroatoms. The van der Waals surface area contributed by atoms with Gasteiger partial charge in [0.25, 0.3) is 0 Å². The number of amides is 1. The number of benzene rings is 1. The molecule has 1 unspecified atom stereocenters. The van der Waals surface area contributed by atoms with Gasteiger partial charge < -0.3 is 9.64 Å². The minimum Gasteiger partial charge on any atom is -0.371 e. The number of aryl methyl sites for hydroxylation is 1. The summed E-state index contributed by atoms with van der Waals surface area (Å²) in [5.41, 5.74) is 1.93. The van der Waals surface area contributed by atoms with Gasteiger partial charge in [0.1, 0.15) is 5.60 Å². The van der Waals surface area contributed by atoms with Crippen LogP contribution in [0.2, 0.25) is 0 Å². The van der Waals surface area contributed by atoms with E-state index in [0.29, 0.717) is 38.6 Å². The highest BCUT2D eigenvalue weighted by atomic mass is 32.2. The molecule has 2 fully saturated rings. The van der Waals surface area contributed by atoms with Crippen LogP contribution in [0.3, 0.4) is 0 Å². The zero-order valence-corrected chi connectivity index (χ0v) is 15.6. The number of nitrogens with one attached hydrogen (secondary N) is 1. The molecular formula is C18H26N2O4S. The molecule has 1 atom stereocenters. The van der Waals surface area contributed by atoms with Crippen molar-refractivity contribution in [3.05, 3.63) is 35.4 Å². The summed E-state index contributed by atoms with van der Waals surface area (Å²) in [5.74, 6) is 0.420. The zero-order chi connectivity index (χ0) is 18.1. The maximum absolute atomic E-state index is 12.5. The third-order valence-corrected chi connectivity index (χ3v) is 5.93. The fraction of sp³-hybridized carbons (Fsp3) is 0.611. The second kappa shape index (κ2) is 7.05. The molecule has 0 bridgehead atoms. The summed E-state index contributed by atoms with van der Waals surface area (Å²) in [6.07, 6.45) is 3.25. The molecule has 25 heavy (non-hydrogen) atoms. The van der Waals surface area contributed by atoms with Crippen molar-refractivity contribution >= 4 is 15.9 Å². The molecule has 0 radical (unpaired) electrons. The number of sulfonamides is 1. The van der Waals surface area contributed by atoms with E-state index >= 15 is 0 Å². The molecule has 0 aromatic heterocycles. The van der Waals surface area contributed by atoms with Crippen molar-refractivity contribution < 1.29 is 17.9 Å². The Morgan fingerprint density at radius 1 is 1.32 bits per heavy atom. The number of carbonyl (C=O) groups excluding carboxylic acids is 1.